The van der Waals surface area contributed by atoms with Crippen molar-refractivity contribution in [1.82, 2.24) is 10.6 Å². The van der Waals surface area contributed by atoms with Gasteiger partial charge in [-0.15, -0.1) is 0 Å². The van der Waals surface area contributed by atoms with Gasteiger partial charge in [0.1, 0.15) is 11.5 Å². The summed E-state index contributed by atoms with van der Waals surface area (Å²) in [7, 11) is 1.69. The summed E-state index contributed by atoms with van der Waals surface area (Å²) in [4.78, 5) is 22.6. The molecule has 0 fully saturated rings. The quantitative estimate of drug-likeness (QED) is 0.675. The largest absolute Gasteiger partial charge is 0.508 e. The number of rotatable bonds is 6. The van der Waals surface area contributed by atoms with E-state index in [0.29, 0.717) is 6.42 Å². The second-order valence-electron chi connectivity index (χ2n) is 4.13. The lowest BCUT2D eigenvalue weighted by atomic mass is 10.1. The van der Waals surface area contributed by atoms with Gasteiger partial charge in [-0.25, -0.2) is 0 Å². The van der Waals surface area contributed by atoms with E-state index in [9.17, 15) is 14.7 Å². The number of carbonyl (C=O) groups is 2. The van der Waals surface area contributed by atoms with Crippen LogP contribution in [0, 0.1) is 0 Å². The maximum absolute atomic E-state index is 11.8. The van der Waals surface area contributed by atoms with Crippen molar-refractivity contribution in [2.45, 2.75) is 19.4 Å². The van der Waals surface area contributed by atoms with E-state index in [1.165, 1.54) is 6.92 Å². The van der Waals surface area contributed by atoms with Crippen molar-refractivity contribution in [2.24, 2.45) is 0 Å². The third-order valence-corrected chi connectivity index (χ3v) is 2.55. The number of phenolic OH excluding ortho intramolecular Hbond substituents is 1. The van der Waals surface area contributed by atoms with E-state index in [-0.39, 0.29) is 24.0 Å². The molecule has 0 saturated carbocycles. The number of hydrogen-bond donors (Lipinski definition) is 3. The first-order valence-corrected chi connectivity index (χ1v) is 5.75. The van der Waals surface area contributed by atoms with E-state index < -0.39 is 6.04 Å². The first-order chi connectivity index (χ1) is 8.52. The highest BCUT2D eigenvalue weighted by Crippen LogP contribution is 2.11. The Balaban J connectivity index is 2.58. The number of aromatic hydroxyl groups is 1. The van der Waals surface area contributed by atoms with Crippen LogP contribution in [-0.4, -0.2) is 36.4 Å². The van der Waals surface area contributed by atoms with E-state index in [4.69, 9.17) is 0 Å². The molecule has 0 aliphatic carbocycles. The molecule has 0 heterocycles. The summed E-state index contributed by atoms with van der Waals surface area (Å²) in [6.07, 6.45) is 0.501. The summed E-state index contributed by atoms with van der Waals surface area (Å²) in [6, 6.07) is 6.29. The van der Waals surface area contributed by atoms with Gasteiger partial charge in [0.25, 0.3) is 0 Å². The van der Waals surface area contributed by atoms with Gasteiger partial charge in [0, 0.05) is 0 Å². The normalized spacial score (nSPS) is 11.9. The van der Waals surface area contributed by atoms with Crippen LogP contribution >= 0.6 is 0 Å². The zero-order valence-electron chi connectivity index (χ0n) is 10.6. The minimum Gasteiger partial charge on any atom is -0.508 e. The molecule has 5 heteroatoms. The summed E-state index contributed by atoms with van der Waals surface area (Å²) in [5.74, 6) is -0.0931. The number of benzene rings is 1. The lowest BCUT2D eigenvalue weighted by molar-refractivity contribution is -0.125. The summed E-state index contributed by atoms with van der Waals surface area (Å²) in [5.41, 5.74) is 0.935. The number of amides is 1. The molecule has 98 valence electrons. The van der Waals surface area contributed by atoms with Crippen LogP contribution < -0.4 is 10.6 Å². The van der Waals surface area contributed by atoms with Crippen LogP contribution in [-0.2, 0) is 16.0 Å². The molecule has 0 saturated heterocycles. The van der Waals surface area contributed by atoms with Crippen molar-refractivity contribution in [1.29, 1.82) is 0 Å². The maximum atomic E-state index is 11.8. The minimum absolute atomic E-state index is 0.0482. The SMILES string of the molecule is CN[C@H](Cc1ccc(O)cc1)C(=O)NCC(C)=O. The first kappa shape index (κ1) is 14.2. The molecule has 1 atom stereocenters. The van der Waals surface area contributed by atoms with Gasteiger partial charge in [0.2, 0.25) is 5.91 Å². The van der Waals surface area contributed by atoms with E-state index in [2.05, 4.69) is 10.6 Å². The Labute approximate surface area is 106 Å². The molecule has 0 radical (unpaired) electrons. The second-order valence-corrected chi connectivity index (χ2v) is 4.13. The fourth-order valence-corrected chi connectivity index (χ4v) is 1.53. The van der Waals surface area contributed by atoms with Crippen molar-refractivity contribution in [3.63, 3.8) is 0 Å². The Morgan fingerprint density at radius 2 is 1.89 bits per heavy atom. The predicted octanol–water partition coefficient (Wildman–Crippen LogP) is 0.228. The molecular weight excluding hydrogens is 232 g/mol. The molecule has 1 rings (SSSR count). The minimum atomic E-state index is -0.395. The van der Waals surface area contributed by atoms with Crippen LogP contribution in [0.3, 0.4) is 0 Å². The van der Waals surface area contributed by atoms with Gasteiger partial charge < -0.3 is 15.7 Å². The van der Waals surface area contributed by atoms with Crippen LogP contribution in [0.2, 0.25) is 0 Å². The lowest BCUT2D eigenvalue weighted by Gasteiger charge is -2.15. The van der Waals surface area contributed by atoms with Gasteiger partial charge in [-0.2, -0.15) is 0 Å². The summed E-state index contributed by atoms with van der Waals surface area (Å²) < 4.78 is 0. The molecule has 0 aliphatic heterocycles. The highest BCUT2D eigenvalue weighted by atomic mass is 16.3. The fourth-order valence-electron chi connectivity index (χ4n) is 1.53. The van der Waals surface area contributed by atoms with Gasteiger partial charge in [-0.1, -0.05) is 12.1 Å². The number of phenols is 1. The summed E-state index contributed by atoms with van der Waals surface area (Å²) in [5, 5.41) is 14.6. The van der Waals surface area contributed by atoms with Crippen molar-refractivity contribution in [2.75, 3.05) is 13.6 Å². The van der Waals surface area contributed by atoms with Gasteiger partial charge in [0.05, 0.1) is 12.6 Å². The van der Waals surface area contributed by atoms with Gasteiger partial charge in [-0.05, 0) is 38.1 Å². The molecule has 0 unspecified atom stereocenters. The molecule has 5 nitrogen and oxygen atoms in total. The molecule has 3 N–H and O–H groups in total. The third kappa shape index (κ3) is 4.55. The van der Waals surface area contributed by atoms with Gasteiger partial charge in [0.15, 0.2) is 0 Å². The van der Waals surface area contributed by atoms with Crippen LogP contribution in [0.25, 0.3) is 0 Å². The molecule has 0 aromatic heterocycles. The topological polar surface area (TPSA) is 78.4 Å². The van der Waals surface area contributed by atoms with Crippen molar-refractivity contribution < 1.29 is 14.7 Å². The number of nitrogens with one attached hydrogen (secondary N) is 2. The Kier molecular flexibility index (Phi) is 5.32. The average Bonchev–Trinajstić information content (AvgIpc) is 2.35. The van der Waals surface area contributed by atoms with E-state index in [1.54, 1.807) is 31.3 Å². The predicted molar refractivity (Wildman–Crippen MR) is 68.3 cm³/mol. The van der Waals surface area contributed by atoms with Crippen LogP contribution in [0.5, 0.6) is 5.75 Å². The smallest absolute Gasteiger partial charge is 0.237 e. The van der Waals surface area contributed by atoms with Crippen LogP contribution in [0.4, 0.5) is 0 Å². The van der Waals surface area contributed by atoms with Crippen LogP contribution in [0.1, 0.15) is 12.5 Å². The second kappa shape index (κ2) is 6.76. The lowest BCUT2D eigenvalue weighted by Crippen LogP contribution is -2.45. The summed E-state index contributed by atoms with van der Waals surface area (Å²) in [6.45, 7) is 1.47. The molecule has 18 heavy (non-hydrogen) atoms. The van der Waals surface area contributed by atoms with E-state index >= 15 is 0 Å². The monoisotopic (exact) mass is 250 g/mol. The fraction of sp³-hybridized carbons (Fsp3) is 0.385. The molecule has 0 bridgehead atoms. The molecule has 0 spiro atoms. The maximum Gasteiger partial charge on any atom is 0.237 e. The molecule has 1 amide bonds. The average molecular weight is 250 g/mol. The van der Waals surface area contributed by atoms with Crippen LogP contribution in [0.15, 0.2) is 24.3 Å². The number of carbonyl (C=O) groups excluding carboxylic acids is 2. The number of hydrogen-bond acceptors (Lipinski definition) is 4. The number of likely N-dealkylation sites (N-methyl/N-ethyl adjacent to an activating group) is 1. The Bertz CT molecular complexity index is 415. The van der Waals surface area contributed by atoms with Gasteiger partial charge in [-0.3, -0.25) is 9.59 Å². The highest BCUT2D eigenvalue weighted by Gasteiger charge is 2.16. The number of Topliss-reactive ketones (excluding diaryl/α,β-unsaturated/α-hetero) is 1. The van der Waals surface area contributed by atoms with Crippen molar-refractivity contribution in [3.8, 4) is 5.75 Å². The zero-order valence-corrected chi connectivity index (χ0v) is 10.6. The number of ketones is 1. The Hall–Kier alpha value is -1.88. The van der Waals surface area contributed by atoms with E-state index in [1.807, 2.05) is 0 Å². The molecular formula is C13H18N2O3. The van der Waals surface area contributed by atoms with Gasteiger partial charge >= 0.3 is 0 Å². The summed E-state index contributed by atoms with van der Waals surface area (Å²) >= 11 is 0. The standard InChI is InChI=1S/C13H18N2O3/c1-9(16)8-15-13(18)12(14-2)7-10-3-5-11(17)6-4-10/h3-6,12,14,17H,7-8H2,1-2H3,(H,15,18)/t12-/m1/s1. The van der Waals surface area contributed by atoms with Crippen molar-refractivity contribution in [3.05, 3.63) is 29.8 Å². The molecule has 1 aromatic carbocycles. The molecule has 0 aliphatic rings. The molecule has 1 aromatic rings. The van der Waals surface area contributed by atoms with Crippen molar-refractivity contribution >= 4 is 11.7 Å². The highest BCUT2D eigenvalue weighted by molar-refractivity contribution is 5.87. The Morgan fingerprint density at radius 1 is 1.28 bits per heavy atom. The Morgan fingerprint density at radius 3 is 2.39 bits per heavy atom. The van der Waals surface area contributed by atoms with E-state index in [0.717, 1.165) is 5.56 Å². The first-order valence-electron chi connectivity index (χ1n) is 5.75. The third-order valence-electron chi connectivity index (χ3n) is 2.55. The zero-order chi connectivity index (χ0) is 13.5.